The molecule has 3 N–H and O–H groups in total. The summed E-state index contributed by atoms with van der Waals surface area (Å²) in [5.41, 5.74) is 1.39. The van der Waals surface area contributed by atoms with E-state index < -0.39 is 5.97 Å². The molecule has 0 aliphatic carbocycles. The zero-order valence-electron chi connectivity index (χ0n) is 13.0. The maximum Gasteiger partial charge on any atom is 0.337 e. The van der Waals surface area contributed by atoms with Gasteiger partial charge in [-0.15, -0.1) is 0 Å². The monoisotopic (exact) mass is 320 g/mol. The van der Waals surface area contributed by atoms with Crippen molar-refractivity contribution in [1.82, 2.24) is 0 Å². The van der Waals surface area contributed by atoms with E-state index in [1.807, 2.05) is 0 Å². The van der Waals surface area contributed by atoms with E-state index in [0.717, 1.165) is 5.56 Å². The van der Waals surface area contributed by atoms with E-state index in [1.165, 1.54) is 38.5 Å². The van der Waals surface area contributed by atoms with Gasteiger partial charge >= 0.3 is 5.97 Å². The highest BCUT2D eigenvalue weighted by molar-refractivity contribution is 5.89. The first-order valence-corrected chi connectivity index (χ1v) is 6.86. The van der Waals surface area contributed by atoms with Crippen LogP contribution in [0.2, 0.25) is 0 Å². The maximum atomic E-state index is 10.8. The van der Waals surface area contributed by atoms with Gasteiger partial charge in [0.1, 0.15) is 5.75 Å². The molecule has 0 radical (unpaired) electrons. The minimum absolute atomic E-state index is 0.105. The molecule has 0 heterocycles. The number of hydrogen-bond acceptors (Lipinski definition) is 6. The Balaban J connectivity index is 0.000000231. The van der Waals surface area contributed by atoms with E-state index in [0.29, 0.717) is 17.7 Å². The van der Waals surface area contributed by atoms with Crippen LogP contribution >= 0.6 is 0 Å². The molecule has 0 aliphatic rings. The Morgan fingerprint density at radius 3 is 2.22 bits per heavy atom. The van der Waals surface area contributed by atoms with Gasteiger partial charge in [0.2, 0.25) is 0 Å². The van der Waals surface area contributed by atoms with Crippen molar-refractivity contribution >= 4 is 5.97 Å². The lowest BCUT2D eigenvalue weighted by Gasteiger charge is -2.04. The molecule has 6 heteroatoms. The fraction of sp³-hybridized carbons (Fsp3) is 0.235. The second-order valence-electron chi connectivity index (χ2n) is 4.52. The molecule has 0 atom stereocenters. The molecule has 2 aromatic rings. The van der Waals surface area contributed by atoms with Crippen LogP contribution in [0.5, 0.6) is 17.2 Å². The van der Waals surface area contributed by atoms with E-state index >= 15 is 0 Å². The Hall–Kier alpha value is -2.73. The normalized spacial score (nSPS) is 9.52. The first-order valence-electron chi connectivity index (χ1n) is 6.86. The number of phenols is 2. The zero-order valence-corrected chi connectivity index (χ0v) is 13.0. The summed E-state index contributed by atoms with van der Waals surface area (Å²) in [7, 11) is 2.81. The third-order valence-electron chi connectivity index (χ3n) is 2.93. The summed E-state index contributed by atoms with van der Waals surface area (Å²) in [6, 6.07) is 10.9. The Morgan fingerprint density at radius 1 is 1.04 bits per heavy atom. The SMILES string of the molecule is COC(=O)c1ccc(O)cc1.COc1cc(CCO)ccc1O. The van der Waals surface area contributed by atoms with Crippen LogP contribution in [0.15, 0.2) is 42.5 Å². The summed E-state index contributed by atoms with van der Waals surface area (Å²) in [6.07, 6.45) is 0.580. The standard InChI is InChI=1S/C9H12O3.C8H8O3/c1-12-9-6-7(4-5-10)2-3-8(9)11;1-11-8(10)6-2-4-7(9)5-3-6/h2-3,6,10-11H,4-5H2,1H3;2-5,9H,1H3. The fourth-order valence-corrected chi connectivity index (χ4v) is 1.72. The zero-order chi connectivity index (χ0) is 17.2. The maximum absolute atomic E-state index is 10.8. The van der Waals surface area contributed by atoms with Crippen LogP contribution in [-0.4, -0.2) is 42.1 Å². The highest BCUT2D eigenvalue weighted by Crippen LogP contribution is 2.26. The molecule has 2 aromatic carbocycles. The molecular formula is C17H20O6. The molecule has 0 amide bonds. The summed E-state index contributed by atoms with van der Waals surface area (Å²) >= 11 is 0. The average Bonchev–Trinajstić information content (AvgIpc) is 2.57. The Bertz CT molecular complexity index is 621. The third kappa shape index (κ3) is 5.88. The summed E-state index contributed by atoms with van der Waals surface area (Å²) in [6.45, 7) is 0.105. The van der Waals surface area contributed by atoms with E-state index in [9.17, 15) is 9.90 Å². The van der Waals surface area contributed by atoms with Crippen molar-refractivity contribution in [3.05, 3.63) is 53.6 Å². The van der Waals surface area contributed by atoms with Crippen molar-refractivity contribution in [2.24, 2.45) is 0 Å². The second kappa shape index (κ2) is 9.32. The summed E-state index contributed by atoms with van der Waals surface area (Å²) in [5.74, 6) is 0.308. The number of rotatable bonds is 4. The van der Waals surface area contributed by atoms with Crippen LogP contribution < -0.4 is 4.74 Å². The predicted octanol–water partition coefficient (Wildman–Crippen LogP) is 2.11. The lowest BCUT2D eigenvalue weighted by molar-refractivity contribution is 0.0600. The molecule has 0 bridgehead atoms. The number of esters is 1. The molecule has 0 saturated carbocycles. The van der Waals surface area contributed by atoms with Crippen LogP contribution in [0.4, 0.5) is 0 Å². The van der Waals surface area contributed by atoms with Crippen molar-refractivity contribution in [3.8, 4) is 17.2 Å². The van der Waals surface area contributed by atoms with Gasteiger partial charge in [-0.1, -0.05) is 6.07 Å². The highest BCUT2D eigenvalue weighted by atomic mass is 16.5. The summed E-state index contributed by atoms with van der Waals surface area (Å²) < 4.78 is 9.36. The first-order chi connectivity index (χ1) is 11.0. The lowest BCUT2D eigenvalue weighted by atomic mass is 10.1. The molecule has 2 rings (SSSR count). The average molecular weight is 320 g/mol. The number of ether oxygens (including phenoxy) is 2. The Morgan fingerprint density at radius 2 is 1.70 bits per heavy atom. The van der Waals surface area contributed by atoms with Crippen molar-refractivity contribution in [3.63, 3.8) is 0 Å². The number of benzene rings is 2. The van der Waals surface area contributed by atoms with Crippen LogP contribution in [0, 0.1) is 0 Å². The predicted molar refractivity (Wildman–Crippen MR) is 84.9 cm³/mol. The van der Waals surface area contributed by atoms with Gasteiger partial charge in [0, 0.05) is 6.61 Å². The Kier molecular flexibility index (Phi) is 7.42. The quantitative estimate of drug-likeness (QED) is 0.747. The topological polar surface area (TPSA) is 96.2 Å². The van der Waals surface area contributed by atoms with Crippen molar-refractivity contribution in [1.29, 1.82) is 0 Å². The van der Waals surface area contributed by atoms with E-state index in [4.69, 9.17) is 14.9 Å². The third-order valence-corrected chi connectivity index (χ3v) is 2.93. The van der Waals surface area contributed by atoms with Crippen molar-refractivity contribution in [2.45, 2.75) is 6.42 Å². The molecular weight excluding hydrogens is 300 g/mol. The molecule has 124 valence electrons. The molecule has 0 saturated heterocycles. The van der Waals surface area contributed by atoms with Gasteiger partial charge in [-0.05, 0) is 48.4 Å². The molecule has 0 unspecified atom stereocenters. The largest absolute Gasteiger partial charge is 0.508 e. The van der Waals surface area contributed by atoms with Crippen molar-refractivity contribution in [2.75, 3.05) is 20.8 Å². The number of carbonyl (C=O) groups is 1. The highest BCUT2D eigenvalue weighted by Gasteiger charge is 2.03. The summed E-state index contributed by atoms with van der Waals surface area (Å²) in [5, 5.41) is 26.7. The molecule has 23 heavy (non-hydrogen) atoms. The van der Waals surface area contributed by atoms with Gasteiger partial charge in [-0.25, -0.2) is 4.79 Å². The number of aliphatic hydroxyl groups is 1. The molecule has 0 aliphatic heterocycles. The van der Waals surface area contributed by atoms with E-state index in [1.54, 1.807) is 18.2 Å². The van der Waals surface area contributed by atoms with Gasteiger partial charge < -0.3 is 24.8 Å². The van der Waals surface area contributed by atoms with Crippen LogP contribution in [0.25, 0.3) is 0 Å². The minimum atomic E-state index is -0.398. The van der Waals surface area contributed by atoms with Gasteiger partial charge in [-0.2, -0.15) is 0 Å². The number of phenolic OH excluding ortho intramolecular Hbond substituents is 2. The van der Waals surface area contributed by atoms with Gasteiger partial charge in [-0.3, -0.25) is 0 Å². The number of carbonyl (C=O) groups excluding carboxylic acids is 1. The number of aromatic hydroxyl groups is 2. The number of methoxy groups -OCH3 is 2. The molecule has 0 aromatic heterocycles. The fourth-order valence-electron chi connectivity index (χ4n) is 1.72. The smallest absolute Gasteiger partial charge is 0.337 e. The second-order valence-corrected chi connectivity index (χ2v) is 4.52. The van der Waals surface area contributed by atoms with Crippen LogP contribution in [0.3, 0.4) is 0 Å². The van der Waals surface area contributed by atoms with Gasteiger partial charge in [0.25, 0.3) is 0 Å². The van der Waals surface area contributed by atoms with Crippen LogP contribution in [0.1, 0.15) is 15.9 Å². The van der Waals surface area contributed by atoms with Crippen LogP contribution in [-0.2, 0) is 11.2 Å². The number of hydrogen-bond donors (Lipinski definition) is 3. The minimum Gasteiger partial charge on any atom is -0.508 e. The molecule has 0 fully saturated rings. The number of aliphatic hydroxyl groups excluding tert-OH is 1. The first kappa shape index (κ1) is 18.3. The van der Waals surface area contributed by atoms with E-state index in [-0.39, 0.29) is 18.1 Å². The molecule has 6 nitrogen and oxygen atoms in total. The summed E-state index contributed by atoms with van der Waals surface area (Å²) in [4.78, 5) is 10.8. The van der Waals surface area contributed by atoms with Gasteiger partial charge in [0.15, 0.2) is 11.5 Å². The van der Waals surface area contributed by atoms with Gasteiger partial charge in [0.05, 0.1) is 19.8 Å². The van der Waals surface area contributed by atoms with Crippen molar-refractivity contribution < 1.29 is 29.6 Å². The van der Waals surface area contributed by atoms with E-state index in [2.05, 4.69) is 4.74 Å². The lowest BCUT2D eigenvalue weighted by Crippen LogP contribution is -1.99. The Labute approximate surface area is 134 Å². The molecule has 0 spiro atoms.